The van der Waals surface area contributed by atoms with E-state index in [1.165, 1.54) is 44.9 Å². The zero-order valence-electron chi connectivity index (χ0n) is 19.9. The number of fused-ring (bicyclic) bond motifs is 5. The topological polar surface area (TPSA) is 58.6 Å². The van der Waals surface area contributed by atoms with Gasteiger partial charge < -0.3 is 15.2 Å². The first kappa shape index (κ1) is 22.4. The molecule has 4 aliphatic carbocycles. The number of carbonyl (C=O) groups is 1. The molecule has 8 atom stereocenters. The molecule has 0 spiro atoms. The number of aliphatic hydroxyl groups is 1. The molecular weight excluding hydrogens is 398 g/mol. The van der Waals surface area contributed by atoms with Gasteiger partial charge in [0, 0.05) is 19.2 Å². The minimum absolute atomic E-state index is 0.0672. The maximum atomic E-state index is 12.6. The molecule has 0 radical (unpaired) electrons. The fourth-order valence-corrected chi connectivity index (χ4v) is 8.71. The van der Waals surface area contributed by atoms with Gasteiger partial charge in [-0.3, -0.25) is 4.79 Å². The second-order valence-electron chi connectivity index (χ2n) is 11.7. The Kier molecular flexibility index (Phi) is 6.13. The summed E-state index contributed by atoms with van der Waals surface area (Å²) < 4.78 is 5.34. The molecule has 1 aromatic carbocycles. The van der Waals surface area contributed by atoms with Crippen molar-refractivity contribution < 1.29 is 14.6 Å². The molecule has 0 aliphatic heterocycles. The van der Waals surface area contributed by atoms with Crippen LogP contribution in [-0.2, 0) is 4.74 Å². The summed E-state index contributed by atoms with van der Waals surface area (Å²) in [4.78, 5) is 12.6. The number of benzene rings is 1. The van der Waals surface area contributed by atoms with Gasteiger partial charge in [0.2, 0.25) is 0 Å². The van der Waals surface area contributed by atoms with Gasteiger partial charge in [-0.2, -0.15) is 0 Å². The van der Waals surface area contributed by atoms with Crippen LogP contribution in [0.3, 0.4) is 0 Å². The third-order valence-corrected chi connectivity index (χ3v) is 10.3. The number of ether oxygens (including phenoxy) is 1. The van der Waals surface area contributed by atoms with Crippen molar-refractivity contribution in [1.82, 2.24) is 5.32 Å². The average molecular weight is 440 g/mol. The SMILES string of the molecule is COC[C@@]1(O)CC[C@H]2[C@@H](CC[C@@H]3[C@@H]2CC[C@]2(C)[C@@H](CNC(=O)c4ccccc4)CC[C@@H]32)C1. The summed E-state index contributed by atoms with van der Waals surface area (Å²) in [6.07, 6.45) is 10.8. The van der Waals surface area contributed by atoms with E-state index in [-0.39, 0.29) is 5.91 Å². The molecule has 0 saturated heterocycles. The summed E-state index contributed by atoms with van der Waals surface area (Å²) >= 11 is 0. The van der Waals surface area contributed by atoms with Crippen LogP contribution < -0.4 is 5.32 Å². The Morgan fingerprint density at radius 1 is 1.03 bits per heavy atom. The van der Waals surface area contributed by atoms with E-state index in [0.717, 1.165) is 48.6 Å². The Balaban J connectivity index is 1.23. The summed E-state index contributed by atoms with van der Waals surface area (Å²) in [7, 11) is 1.71. The Morgan fingerprint density at radius 2 is 1.81 bits per heavy atom. The molecule has 4 nitrogen and oxygen atoms in total. The summed E-state index contributed by atoms with van der Waals surface area (Å²) in [5, 5.41) is 14.2. The summed E-state index contributed by atoms with van der Waals surface area (Å²) in [5.41, 5.74) is 0.532. The lowest BCUT2D eigenvalue weighted by Gasteiger charge is -2.57. The average Bonchev–Trinajstić information content (AvgIpc) is 3.14. The molecule has 0 bridgehead atoms. The number of carbonyl (C=O) groups excluding carboxylic acids is 1. The third-order valence-electron chi connectivity index (χ3n) is 10.3. The van der Waals surface area contributed by atoms with Gasteiger partial charge in [0.25, 0.3) is 5.91 Å². The number of rotatable bonds is 5. The molecule has 5 rings (SSSR count). The van der Waals surface area contributed by atoms with Crippen LogP contribution in [0.15, 0.2) is 30.3 Å². The molecule has 4 saturated carbocycles. The fourth-order valence-electron chi connectivity index (χ4n) is 8.71. The standard InChI is InChI=1S/C28H41NO3/c1-27-14-12-23-22-13-15-28(31,18-32-2)16-20(22)8-10-24(23)25(27)11-9-21(27)17-29-26(30)19-6-4-3-5-7-19/h3-7,20-25,31H,8-18H2,1-2H3,(H,29,30)/t20-,21+,22-,23+,24+,25-,27+,28+/m0/s1. The van der Waals surface area contributed by atoms with E-state index < -0.39 is 5.60 Å². The quantitative estimate of drug-likeness (QED) is 0.674. The van der Waals surface area contributed by atoms with E-state index in [1.54, 1.807) is 7.11 Å². The van der Waals surface area contributed by atoms with E-state index in [0.29, 0.717) is 23.9 Å². The van der Waals surface area contributed by atoms with E-state index in [2.05, 4.69) is 12.2 Å². The zero-order valence-corrected chi connectivity index (χ0v) is 19.9. The van der Waals surface area contributed by atoms with Crippen molar-refractivity contribution in [2.75, 3.05) is 20.3 Å². The van der Waals surface area contributed by atoms with Gasteiger partial charge in [-0.25, -0.2) is 0 Å². The summed E-state index contributed by atoms with van der Waals surface area (Å²) in [5.74, 6) is 4.63. The largest absolute Gasteiger partial charge is 0.387 e. The van der Waals surface area contributed by atoms with Crippen LogP contribution >= 0.6 is 0 Å². The van der Waals surface area contributed by atoms with E-state index >= 15 is 0 Å². The smallest absolute Gasteiger partial charge is 0.251 e. The first-order valence-corrected chi connectivity index (χ1v) is 13.0. The first-order chi connectivity index (χ1) is 15.4. The van der Waals surface area contributed by atoms with Gasteiger partial charge in [-0.05, 0) is 111 Å². The molecule has 4 fully saturated rings. The lowest BCUT2D eigenvalue weighted by molar-refractivity contribution is -0.124. The van der Waals surface area contributed by atoms with Crippen molar-refractivity contribution in [2.45, 2.75) is 70.3 Å². The molecule has 4 heteroatoms. The highest BCUT2D eigenvalue weighted by Gasteiger charge is 2.57. The van der Waals surface area contributed by atoms with Crippen molar-refractivity contribution >= 4 is 5.91 Å². The zero-order chi connectivity index (χ0) is 22.3. The van der Waals surface area contributed by atoms with Crippen LogP contribution in [-0.4, -0.2) is 36.9 Å². The molecule has 1 amide bonds. The Morgan fingerprint density at radius 3 is 2.59 bits per heavy atom. The highest BCUT2D eigenvalue weighted by Crippen LogP contribution is 2.64. The number of nitrogens with one attached hydrogen (secondary N) is 1. The number of hydrogen-bond donors (Lipinski definition) is 2. The van der Waals surface area contributed by atoms with E-state index in [1.807, 2.05) is 30.3 Å². The lowest BCUT2D eigenvalue weighted by atomic mass is 9.49. The molecular formula is C28H41NO3. The second-order valence-corrected chi connectivity index (χ2v) is 11.7. The molecule has 0 unspecified atom stereocenters. The molecule has 176 valence electrons. The molecule has 0 aromatic heterocycles. The second kappa shape index (κ2) is 8.76. The number of amides is 1. The number of hydrogen-bond acceptors (Lipinski definition) is 3. The lowest BCUT2D eigenvalue weighted by Crippen LogP contribution is -2.52. The minimum Gasteiger partial charge on any atom is -0.387 e. The maximum absolute atomic E-state index is 12.6. The summed E-state index contributed by atoms with van der Waals surface area (Å²) in [6, 6.07) is 9.62. The van der Waals surface area contributed by atoms with Crippen LogP contribution in [0.4, 0.5) is 0 Å². The van der Waals surface area contributed by atoms with Crippen molar-refractivity contribution in [1.29, 1.82) is 0 Å². The summed E-state index contributed by atoms with van der Waals surface area (Å²) in [6.45, 7) is 3.83. The molecule has 2 N–H and O–H groups in total. The van der Waals surface area contributed by atoms with Crippen molar-refractivity contribution in [3.63, 3.8) is 0 Å². The molecule has 0 heterocycles. The van der Waals surface area contributed by atoms with Crippen molar-refractivity contribution in [3.05, 3.63) is 35.9 Å². The van der Waals surface area contributed by atoms with Gasteiger partial charge in [0.15, 0.2) is 0 Å². The van der Waals surface area contributed by atoms with Gasteiger partial charge in [0.05, 0.1) is 12.2 Å². The predicted molar refractivity (Wildman–Crippen MR) is 126 cm³/mol. The minimum atomic E-state index is -0.596. The van der Waals surface area contributed by atoms with Gasteiger partial charge >= 0.3 is 0 Å². The van der Waals surface area contributed by atoms with Gasteiger partial charge in [-0.15, -0.1) is 0 Å². The maximum Gasteiger partial charge on any atom is 0.251 e. The van der Waals surface area contributed by atoms with Gasteiger partial charge in [0.1, 0.15) is 0 Å². The Labute approximate surface area is 193 Å². The van der Waals surface area contributed by atoms with Gasteiger partial charge in [-0.1, -0.05) is 25.1 Å². The number of methoxy groups -OCH3 is 1. The monoisotopic (exact) mass is 439 g/mol. The van der Waals surface area contributed by atoms with Crippen LogP contribution in [0.5, 0.6) is 0 Å². The van der Waals surface area contributed by atoms with E-state index in [4.69, 9.17) is 4.74 Å². The van der Waals surface area contributed by atoms with Crippen LogP contribution in [0.2, 0.25) is 0 Å². The Bertz CT molecular complexity index is 812. The van der Waals surface area contributed by atoms with Crippen LogP contribution in [0.1, 0.15) is 75.1 Å². The highest BCUT2D eigenvalue weighted by atomic mass is 16.5. The molecule has 1 aromatic rings. The highest BCUT2D eigenvalue weighted by molar-refractivity contribution is 5.94. The third kappa shape index (κ3) is 3.92. The Hall–Kier alpha value is -1.39. The normalized spacial score (nSPS) is 43.1. The van der Waals surface area contributed by atoms with Crippen LogP contribution in [0.25, 0.3) is 0 Å². The van der Waals surface area contributed by atoms with Crippen molar-refractivity contribution in [2.24, 2.45) is 40.9 Å². The molecule has 32 heavy (non-hydrogen) atoms. The van der Waals surface area contributed by atoms with Crippen LogP contribution in [0, 0.1) is 40.9 Å². The molecule has 4 aliphatic rings. The van der Waals surface area contributed by atoms with Crippen molar-refractivity contribution in [3.8, 4) is 0 Å². The fraction of sp³-hybridized carbons (Fsp3) is 0.750. The van der Waals surface area contributed by atoms with E-state index in [9.17, 15) is 9.90 Å². The predicted octanol–water partition coefficient (Wildman–Crippen LogP) is 5.06. The first-order valence-electron chi connectivity index (χ1n) is 13.0.